The number of benzene rings is 2. The van der Waals surface area contributed by atoms with Gasteiger partial charge in [-0.15, -0.1) is 0 Å². The maximum atomic E-state index is 12.6. The third-order valence-corrected chi connectivity index (χ3v) is 3.56. The number of anilines is 1. The second kappa shape index (κ2) is 4.89. The SMILES string of the molecule is O=C(c1ccc(O)cc1)N1CCCc2cccc(O)c21. The van der Waals surface area contributed by atoms with Gasteiger partial charge in [-0.05, 0) is 48.7 Å². The molecular formula is C16H15NO3. The zero-order chi connectivity index (χ0) is 14.1. The van der Waals surface area contributed by atoms with Crippen LogP contribution in [-0.4, -0.2) is 22.7 Å². The third-order valence-electron chi connectivity index (χ3n) is 3.56. The number of amides is 1. The van der Waals surface area contributed by atoms with Gasteiger partial charge in [-0.25, -0.2) is 0 Å². The highest BCUT2D eigenvalue weighted by Gasteiger charge is 2.26. The van der Waals surface area contributed by atoms with Gasteiger partial charge in [0.2, 0.25) is 0 Å². The number of para-hydroxylation sites is 1. The Bertz CT molecular complexity index is 649. The van der Waals surface area contributed by atoms with E-state index in [0.29, 0.717) is 17.8 Å². The minimum Gasteiger partial charge on any atom is -0.508 e. The summed E-state index contributed by atoms with van der Waals surface area (Å²) in [5.74, 6) is 0.102. The van der Waals surface area contributed by atoms with Crippen LogP contribution >= 0.6 is 0 Å². The van der Waals surface area contributed by atoms with Crippen LogP contribution in [0.15, 0.2) is 42.5 Å². The second-order valence-corrected chi connectivity index (χ2v) is 4.89. The summed E-state index contributed by atoms with van der Waals surface area (Å²) in [5.41, 5.74) is 2.10. The lowest BCUT2D eigenvalue weighted by molar-refractivity contribution is 0.0984. The first kappa shape index (κ1) is 12.5. The molecule has 3 rings (SSSR count). The monoisotopic (exact) mass is 269 g/mol. The van der Waals surface area contributed by atoms with Crippen LogP contribution in [0.4, 0.5) is 5.69 Å². The maximum Gasteiger partial charge on any atom is 0.258 e. The summed E-state index contributed by atoms with van der Waals surface area (Å²) in [5, 5.41) is 19.3. The van der Waals surface area contributed by atoms with E-state index in [4.69, 9.17) is 0 Å². The van der Waals surface area contributed by atoms with Crippen molar-refractivity contribution in [2.75, 3.05) is 11.4 Å². The van der Waals surface area contributed by atoms with Crippen molar-refractivity contribution in [3.8, 4) is 11.5 Å². The largest absolute Gasteiger partial charge is 0.508 e. The summed E-state index contributed by atoms with van der Waals surface area (Å²) >= 11 is 0. The number of hydrogen-bond donors (Lipinski definition) is 2. The highest BCUT2D eigenvalue weighted by atomic mass is 16.3. The summed E-state index contributed by atoms with van der Waals surface area (Å²) in [7, 11) is 0. The van der Waals surface area contributed by atoms with Crippen molar-refractivity contribution < 1.29 is 15.0 Å². The van der Waals surface area contributed by atoms with Gasteiger partial charge in [0.25, 0.3) is 5.91 Å². The van der Waals surface area contributed by atoms with Gasteiger partial charge in [0, 0.05) is 12.1 Å². The Kier molecular flexibility index (Phi) is 3.06. The lowest BCUT2D eigenvalue weighted by Gasteiger charge is -2.30. The first-order valence-electron chi connectivity index (χ1n) is 6.58. The number of carbonyl (C=O) groups is 1. The van der Waals surface area contributed by atoms with E-state index in [0.717, 1.165) is 18.4 Å². The van der Waals surface area contributed by atoms with E-state index in [-0.39, 0.29) is 17.4 Å². The Morgan fingerprint density at radius 1 is 1.05 bits per heavy atom. The number of aryl methyl sites for hydroxylation is 1. The molecule has 1 amide bonds. The topological polar surface area (TPSA) is 60.8 Å². The highest BCUT2D eigenvalue weighted by molar-refractivity contribution is 6.07. The van der Waals surface area contributed by atoms with Gasteiger partial charge in [0.1, 0.15) is 11.5 Å². The molecule has 1 heterocycles. The molecule has 2 aromatic carbocycles. The lowest BCUT2D eigenvalue weighted by atomic mass is 10.00. The number of phenolic OH excluding ortho intramolecular Hbond substituents is 2. The number of hydrogen-bond acceptors (Lipinski definition) is 3. The molecule has 4 heteroatoms. The molecular weight excluding hydrogens is 254 g/mol. The Morgan fingerprint density at radius 3 is 2.55 bits per heavy atom. The van der Waals surface area contributed by atoms with E-state index in [2.05, 4.69) is 0 Å². The molecule has 0 radical (unpaired) electrons. The van der Waals surface area contributed by atoms with E-state index in [1.54, 1.807) is 29.2 Å². The van der Waals surface area contributed by atoms with Crippen LogP contribution in [-0.2, 0) is 6.42 Å². The van der Waals surface area contributed by atoms with E-state index in [1.807, 2.05) is 6.07 Å². The molecule has 102 valence electrons. The Morgan fingerprint density at radius 2 is 1.80 bits per heavy atom. The predicted molar refractivity (Wildman–Crippen MR) is 76.2 cm³/mol. The second-order valence-electron chi connectivity index (χ2n) is 4.89. The minimum atomic E-state index is -0.160. The van der Waals surface area contributed by atoms with Crippen molar-refractivity contribution >= 4 is 11.6 Å². The summed E-state index contributed by atoms with van der Waals surface area (Å²) in [6.07, 6.45) is 1.74. The van der Waals surface area contributed by atoms with Crippen molar-refractivity contribution in [1.29, 1.82) is 0 Å². The predicted octanol–water partition coefficient (Wildman–Crippen LogP) is 2.69. The zero-order valence-electron chi connectivity index (χ0n) is 10.9. The summed E-state index contributed by atoms with van der Waals surface area (Å²) in [6.45, 7) is 0.588. The molecule has 0 aliphatic carbocycles. The molecule has 0 unspecified atom stereocenters. The fourth-order valence-corrected chi connectivity index (χ4v) is 2.59. The maximum absolute atomic E-state index is 12.6. The molecule has 1 aliphatic heterocycles. The molecule has 0 fully saturated rings. The number of carbonyl (C=O) groups excluding carboxylic acids is 1. The fraction of sp³-hybridized carbons (Fsp3) is 0.188. The number of fused-ring (bicyclic) bond motifs is 1. The van der Waals surface area contributed by atoms with Crippen LogP contribution in [0.3, 0.4) is 0 Å². The number of rotatable bonds is 1. The summed E-state index contributed by atoms with van der Waals surface area (Å²) in [6, 6.07) is 11.5. The van der Waals surface area contributed by atoms with Crippen molar-refractivity contribution in [3.63, 3.8) is 0 Å². The lowest BCUT2D eigenvalue weighted by Crippen LogP contribution is -2.35. The molecule has 2 N–H and O–H groups in total. The van der Waals surface area contributed by atoms with Crippen LogP contribution in [0.2, 0.25) is 0 Å². The molecule has 0 bridgehead atoms. The standard InChI is InChI=1S/C16H15NO3/c18-13-8-6-12(7-9-13)16(20)17-10-2-4-11-3-1-5-14(19)15(11)17/h1,3,5-9,18-19H,2,4,10H2. The van der Waals surface area contributed by atoms with Gasteiger partial charge in [-0.1, -0.05) is 12.1 Å². The molecule has 0 atom stereocenters. The van der Waals surface area contributed by atoms with E-state index in [9.17, 15) is 15.0 Å². The number of nitrogens with zero attached hydrogens (tertiary/aromatic N) is 1. The molecule has 0 aromatic heterocycles. The quantitative estimate of drug-likeness (QED) is 0.836. The molecule has 0 saturated carbocycles. The number of aromatic hydroxyl groups is 2. The average molecular weight is 269 g/mol. The van der Waals surface area contributed by atoms with Crippen molar-refractivity contribution in [2.45, 2.75) is 12.8 Å². The van der Waals surface area contributed by atoms with E-state index < -0.39 is 0 Å². The fourth-order valence-electron chi connectivity index (χ4n) is 2.59. The van der Waals surface area contributed by atoms with Gasteiger partial charge in [0.15, 0.2) is 0 Å². The molecule has 20 heavy (non-hydrogen) atoms. The molecule has 0 saturated heterocycles. The normalized spacial score (nSPS) is 13.9. The summed E-state index contributed by atoms with van der Waals surface area (Å²) in [4.78, 5) is 14.2. The van der Waals surface area contributed by atoms with Crippen LogP contribution in [0, 0.1) is 0 Å². The van der Waals surface area contributed by atoms with Crippen LogP contribution < -0.4 is 4.90 Å². The van der Waals surface area contributed by atoms with Gasteiger partial charge in [-0.3, -0.25) is 4.79 Å². The minimum absolute atomic E-state index is 0.128. The van der Waals surface area contributed by atoms with Gasteiger partial charge < -0.3 is 15.1 Å². The Balaban J connectivity index is 2.00. The van der Waals surface area contributed by atoms with Crippen LogP contribution in [0.1, 0.15) is 22.3 Å². The van der Waals surface area contributed by atoms with Gasteiger partial charge in [-0.2, -0.15) is 0 Å². The number of phenols is 2. The van der Waals surface area contributed by atoms with E-state index in [1.165, 1.54) is 12.1 Å². The van der Waals surface area contributed by atoms with E-state index >= 15 is 0 Å². The average Bonchev–Trinajstić information content (AvgIpc) is 2.47. The third kappa shape index (κ3) is 2.09. The Hall–Kier alpha value is -2.49. The zero-order valence-corrected chi connectivity index (χ0v) is 10.9. The highest BCUT2D eigenvalue weighted by Crippen LogP contribution is 2.36. The first-order chi connectivity index (χ1) is 9.66. The smallest absolute Gasteiger partial charge is 0.258 e. The van der Waals surface area contributed by atoms with Gasteiger partial charge in [0.05, 0.1) is 5.69 Å². The Labute approximate surface area is 116 Å². The molecule has 0 spiro atoms. The molecule has 4 nitrogen and oxygen atoms in total. The molecule has 2 aromatic rings. The van der Waals surface area contributed by atoms with Crippen LogP contribution in [0.25, 0.3) is 0 Å². The molecule has 1 aliphatic rings. The van der Waals surface area contributed by atoms with Gasteiger partial charge >= 0.3 is 0 Å². The summed E-state index contributed by atoms with van der Waals surface area (Å²) < 4.78 is 0. The first-order valence-corrected chi connectivity index (χ1v) is 6.58. The van der Waals surface area contributed by atoms with Crippen LogP contribution in [0.5, 0.6) is 11.5 Å². The van der Waals surface area contributed by atoms with Crippen molar-refractivity contribution in [3.05, 3.63) is 53.6 Å². The van der Waals surface area contributed by atoms with Crippen molar-refractivity contribution in [1.82, 2.24) is 0 Å². The van der Waals surface area contributed by atoms with Crippen molar-refractivity contribution in [2.24, 2.45) is 0 Å².